The normalized spacial score (nSPS) is 18.9. The first-order valence-electron chi connectivity index (χ1n) is 8.28. The van der Waals surface area contributed by atoms with Crippen molar-refractivity contribution in [2.24, 2.45) is 0 Å². The van der Waals surface area contributed by atoms with E-state index in [-0.39, 0.29) is 6.10 Å². The molecule has 1 aromatic carbocycles. The first-order valence-corrected chi connectivity index (χ1v) is 8.28. The van der Waals surface area contributed by atoms with Crippen LogP contribution in [-0.4, -0.2) is 54.1 Å². The number of hydrogen-bond donors (Lipinski definition) is 0. The van der Waals surface area contributed by atoms with E-state index >= 15 is 0 Å². The van der Waals surface area contributed by atoms with Crippen molar-refractivity contribution in [3.63, 3.8) is 0 Å². The number of rotatable bonds is 7. The average Bonchev–Trinajstić information content (AvgIpc) is 3.09. The molecule has 0 N–H and O–H groups in total. The molecule has 0 aliphatic carbocycles. The minimum absolute atomic E-state index is 0.264. The largest absolute Gasteiger partial charge is 0.497 e. The highest BCUT2D eigenvalue weighted by atomic mass is 16.5. The van der Waals surface area contributed by atoms with Crippen LogP contribution in [-0.2, 0) is 17.7 Å². The van der Waals surface area contributed by atoms with Gasteiger partial charge in [0.2, 0.25) is 0 Å². The molecule has 5 nitrogen and oxygen atoms in total. The van der Waals surface area contributed by atoms with E-state index in [0.717, 1.165) is 51.4 Å². The fourth-order valence-electron chi connectivity index (χ4n) is 3.06. The predicted octanol–water partition coefficient (Wildman–Crippen LogP) is 2.23. The summed E-state index contributed by atoms with van der Waals surface area (Å²) in [6.07, 6.45) is 6.17. The van der Waals surface area contributed by atoms with Gasteiger partial charge >= 0.3 is 0 Å². The lowest BCUT2D eigenvalue weighted by Crippen LogP contribution is -2.43. The molecule has 0 bridgehead atoms. The van der Waals surface area contributed by atoms with Crippen molar-refractivity contribution in [1.82, 2.24) is 14.7 Å². The van der Waals surface area contributed by atoms with Crippen LogP contribution in [0, 0.1) is 0 Å². The molecule has 2 aromatic rings. The van der Waals surface area contributed by atoms with E-state index < -0.39 is 0 Å². The highest BCUT2D eigenvalue weighted by Crippen LogP contribution is 2.17. The molecule has 1 aromatic heterocycles. The summed E-state index contributed by atoms with van der Waals surface area (Å²) in [7, 11) is 1.71. The third kappa shape index (κ3) is 4.81. The van der Waals surface area contributed by atoms with Crippen molar-refractivity contribution in [3.8, 4) is 5.75 Å². The van der Waals surface area contributed by atoms with Crippen LogP contribution in [0.1, 0.15) is 12.0 Å². The molecule has 5 heteroatoms. The number of aromatic nitrogens is 2. The molecule has 1 aliphatic rings. The van der Waals surface area contributed by atoms with E-state index in [1.165, 1.54) is 5.56 Å². The predicted molar refractivity (Wildman–Crippen MR) is 89.7 cm³/mol. The lowest BCUT2D eigenvalue weighted by atomic mass is 10.1. The standard InChI is InChI=1S/C18H25N3O2/c1-22-17-6-2-5-16(13-17)14-18-15-20(11-12-23-18)8-4-10-21-9-3-7-19-21/h2-3,5-7,9,13,18H,4,8,10-12,14-15H2,1H3/t18-/m0/s1. The van der Waals surface area contributed by atoms with Crippen LogP contribution in [0.2, 0.25) is 0 Å². The Labute approximate surface area is 137 Å². The minimum Gasteiger partial charge on any atom is -0.497 e. The van der Waals surface area contributed by atoms with Gasteiger partial charge in [0.05, 0.1) is 19.8 Å². The molecule has 0 amide bonds. The number of nitrogens with zero attached hydrogens (tertiary/aromatic N) is 3. The van der Waals surface area contributed by atoms with Crippen LogP contribution in [0.25, 0.3) is 0 Å². The lowest BCUT2D eigenvalue weighted by molar-refractivity contribution is -0.0281. The summed E-state index contributed by atoms with van der Waals surface area (Å²) in [5.74, 6) is 0.911. The number of hydrogen-bond acceptors (Lipinski definition) is 4. The Balaban J connectivity index is 1.45. The van der Waals surface area contributed by atoms with Gasteiger partial charge in [0.15, 0.2) is 0 Å². The summed E-state index contributed by atoms with van der Waals surface area (Å²) in [6.45, 7) is 4.91. The zero-order chi connectivity index (χ0) is 15.9. The summed E-state index contributed by atoms with van der Waals surface area (Å²) < 4.78 is 13.2. The molecule has 0 unspecified atom stereocenters. The van der Waals surface area contributed by atoms with E-state index in [1.807, 2.05) is 35.3 Å². The Kier molecular flexibility index (Phi) is 5.66. The molecular weight excluding hydrogens is 290 g/mol. The molecule has 124 valence electrons. The molecule has 0 spiro atoms. The molecule has 1 saturated heterocycles. The van der Waals surface area contributed by atoms with Crippen molar-refractivity contribution >= 4 is 0 Å². The number of benzene rings is 1. The zero-order valence-electron chi connectivity index (χ0n) is 13.7. The van der Waals surface area contributed by atoms with Crippen LogP contribution in [0.5, 0.6) is 5.75 Å². The Morgan fingerprint density at radius 2 is 2.26 bits per heavy atom. The monoisotopic (exact) mass is 315 g/mol. The van der Waals surface area contributed by atoms with Gasteiger partial charge in [-0.15, -0.1) is 0 Å². The van der Waals surface area contributed by atoms with Crippen LogP contribution >= 0.6 is 0 Å². The van der Waals surface area contributed by atoms with Crippen molar-refractivity contribution in [1.29, 1.82) is 0 Å². The summed E-state index contributed by atoms with van der Waals surface area (Å²) >= 11 is 0. The first-order chi connectivity index (χ1) is 11.3. The maximum atomic E-state index is 5.94. The Morgan fingerprint density at radius 1 is 1.30 bits per heavy atom. The van der Waals surface area contributed by atoms with Gasteiger partial charge in [0.25, 0.3) is 0 Å². The molecule has 2 heterocycles. The third-order valence-corrected chi connectivity index (χ3v) is 4.24. The van der Waals surface area contributed by atoms with Crippen molar-refractivity contribution < 1.29 is 9.47 Å². The smallest absolute Gasteiger partial charge is 0.119 e. The number of morpholine rings is 1. The van der Waals surface area contributed by atoms with Gasteiger partial charge in [0, 0.05) is 45.0 Å². The number of aryl methyl sites for hydroxylation is 1. The van der Waals surface area contributed by atoms with Crippen LogP contribution in [0.3, 0.4) is 0 Å². The van der Waals surface area contributed by atoms with E-state index in [2.05, 4.69) is 22.1 Å². The second-order valence-corrected chi connectivity index (χ2v) is 5.97. The van der Waals surface area contributed by atoms with Gasteiger partial charge in [-0.25, -0.2) is 0 Å². The second kappa shape index (κ2) is 8.13. The second-order valence-electron chi connectivity index (χ2n) is 5.97. The fourth-order valence-corrected chi connectivity index (χ4v) is 3.06. The molecule has 0 radical (unpaired) electrons. The van der Waals surface area contributed by atoms with E-state index in [0.29, 0.717) is 0 Å². The highest BCUT2D eigenvalue weighted by Gasteiger charge is 2.20. The summed E-state index contributed by atoms with van der Waals surface area (Å²) in [6, 6.07) is 10.2. The molecular formula is C18H25N3O2. The van der Waals surface area contributed by atoms with Crippen molar-refractivity contribution in [3.05, 3.63) is 48.3 Å². The van der Waals surface area contributed by atoms with Gasteiger partial charge in [-0.05, 0) is 30.2 Å². The Morgan fingerprint density at radius 3 is 3.09 bits per heavy atom. The maximum Gasteiger partial charge on any atom is 0.119 e. The Bertz CT molecular complexity index is 586. The van der Waals surface area contributed by atoms with Gasteiger partial charge in [-0.3, -0.25) is 9.58 Å². The fraction of sp³-hybridized carbons (Fsp3) is 0.500. The van der Waals surface area contributed by atoms with Gasteiger partial charge in [0.1, 0.15) is 5.75 Å². The van der Waals surface area contributed by atoms with Gasteiger partial charge < -0.3 is 9.47 Å². The molecule has 1 atom stereocenters. The zero-order valence-corrected chi connectivity index (χ0v) is 13.7. The molecule has 3 rings (SSSR count). The first kappa shape index (κ1) is 16.0. The van der Waals surface area contributed by atoms with Gasteiger partial charge in [-0.2, -0.15) is 5.10 Å². The molecule has 1 fully saturated rings. The molecule has 0 saturated carbocycles. The number of ether oxygens (including phenoxy) is 2. The Hall–Kier alpha value is -1.85. The van der Waals surface area contributed by atoms with Crippen LogP contribution < -0.4 is 4.74 Å². The third-order valence-electron chi connectivity index (χ3n) is 4.24. The van der Waals surface area contributed by atoms with E-state index in [1.54, 1.807) is 7.11 Å². The maximum absolute atomic E-state index is 5.94. The van der Waals surface area contributed by atoms with E-state index in [9.17, 15) is 0 Å². The van der Waals surface area contributed by atoms with Gasteiger partial charge in [-0.1, -0.05) is 12.1 Å². The van der Waals surface area contributed by atoms with E-state index in [4.69, 9.17) is 9.47 Å². The summed E-state index contributed by atoms with van der Waals surface area (Å²) in [4.78, 5) is 2.50. The van der Waals surface area contributed by atoms with Crippen molar-refractivity contribution in [2.45, 2.75) is 25.5 Å². The minimum atomic E-state index is 0.264. The average molecular weight is 315 g/mol. The van der Waals surface area contributed by atoms with Crippen LogP contribution in [0.15, 0.2) is 42.7 Å². The summed E-state index contributed by atoms with van der Waals surface area (Å²) in [5, 5.41) is 4.25. The lowest BCUT2D eigenvalue weighted by Gasteiger charge is -2.33. The quantitative estimate of drug-likeness (QED) is 0.785. The highest BCUT2D eigenvalue weighted by molar-refractivity contribution is 5.28. The number of methoxy groups -OCH3 is 1. The van der Waals surface area contributed by atoms with Crippen LogP contribution in [0.4, 0.5) is 0 Å². The SMILES string of the molecule is COc1cccc(C[C@H]2CN(CCCn3cccn3)CCO2)c1. The van der Waals surface area contributed by atoms with Crippen molar-refractivity contribution in [2.75, 3.05) is 33.4 Å². The molecule has 1 aliphatic heterocycles. The summed E-state index contributed by atoms with van der Waals surface area (Å²) in [5.41, 5.74) is 1.27. The topological polar surface area (TPSA) is 39.5 Å². The molecule has 23 heavy (non-hydrogen) atoms.